The van der Waals surface area contributed by atoms with Gasteiger partial charge in [0.05, 0.1) is 12.6 Å². The minimum atomic E-state index is -0.229. The topological polar surface area (TPSA) is 50.1 Å². The fourth-order valence-corrected chi connectivity index (χ4v) is 4.15. The number of hydrogen-bond donors (Lipinski definition) is 0. The number of piperazine rings is 1. The molecule has 0 saturated carbocycles. The van der Waals surface area contributed by atoms with Gasteiger partial charge in [-0.15, -0.1) is 5.10 Å². The van der Waals surface area contributed by atoms with E-state index in [-0.39, 0.29) is 11.9 Å². The Morgan fingerprint density at radius 2 is 1.60 bits per heavy atom. The van der Waals surface area contributed by atoms with Crippen molar-refractivity contribution >= 4 is 0 Å². The van der Waals surface area contributed by atoms with E-state index in [0.29, 0.717) is 6.54 Å². The summed E-state index contributed by atoms with van der Waals surface area (Å²) < 4.78 is 15.1. The lowest BCUT2D eigenvalue weighted by Crippen LogP contribution is -2.47. The van der Waals surface area contributed by atoms with Gasteiger partial charge in [0, 0.05) is 32.7 Å². The molecule has 4 rings (SSSR count). The molecule has 2 aromatic carbocycles. The Labute approximate surface area is 177 Å². The summed E-state index contributed by atoms with van der Waals surface area (Å²) in [6.07, 6.45) is 2.08. The number of hydrogen-bond acceptors (Lipinski definition) is 5. The van der Waals surface area contributed by atoms with Gasteiger partial charge >= 0.3 is 0 Å². The summed E-state index contributed by atoms with van der Waals surface area (Å²) in [5.74, 6) is 0.672. The van der Waals surface area contributed by atoms with Gasteiger partial charge in [0.2, 0.25) is 0 Å². The molecule has 30 heavy (non-hydrogen) atoms. The zero-order valence-electron chi connectivity index (χ0n) is 17.5. The molecule has 1 aliphatic heterocycles. The molecule has 1 aliphatic rings. The lowest BCUT2D eigenvalue weighted by atomic mass is 10.1. The lowest BCUT2D eigenvalue weighted by molar-refractivity contribution is 0.0820. The first-order chi connectivity index (χ1) is 14.7. The van der Waals surface area contributed by atoms with Crippen LogP contribution in [0.2, 0.25) is 0 Å². The summed E-state index contributed by atoms with van der Waals surface area (Å²) in [5.41, 5.74) is 2.35. The minimum absolute atomic E-state index is 0.198. The second kappa shape index (κ2) is 9.91. The summed E-state index contributed by atoms with van der Waals surface area (Å²) in [4.78, 5) is 5.02. The average Bonchev–Trinajstić information content (AvgIpc) is 3.23. The van der Waals surface area contributed by atoms with E-state index >= 15 is 0 Å². The van der Waals surface area contributed by atoms with Crippen LogP contribution in [-0.4, -0.2) is 56.2 Å². The van der Waals surface area contributed by atoms with Crippen LogP contribution in [0.3, 0.4) is 0 Å². The highest BCUT2D eigenvalue weighted by Gasteiger charge is 2.28. The van der Waals surface area contributed by atoms with Crippen molar-refractivity contribution in [2.75, 3.05) is 26.2 Å². The van der Waals surface area contributed by atoms with Crippen LogP contribution in [0.5, 0.6) is 0 Å². The lowest BCUT2D eigenvalue weighted by Gasteiger charge is -2.38. The zero-order chi connectivity index (χ0) is 20.8. The Morgan fingerprint density at radius 3 is 2.30 bits per heavy atom. The molecular formula is C23H29FN6. The van der Waals surface area contributed by atoms with E-state index in [9.17, 15) is 4.39 Å². The first kappa shape index (κ1) is 20.6. The van der Waals surface area contributed by atoms with Gasteiger partial charge in [-0.1, -0.05) is 55.8 Å². The molecule has 1 saturated heterocycles. The van der Waals surface area contributed by atoms with E-state index in [1.54, 1.807) is 12.1 Å². The Balaban J connectivity index is 1.42. The van der Waals surface area contributed by atoms with Gasteiger partial charge in [0.15, 0.2) is 5.82 Å². The maximum Gasteiger partial charge on any atom is 0.168 e. The van der Waals surface area contributed by atoms with Gasteiger partial charge in [-0.3, -0.25) is 9.80 Å². The van der Waals surface area contributed by atoms with Gasteiger partial charge in [0.25, 0.3) is 0 Å². The highest BCUT2D eigenvalue weighted by Crippen LogP contribution is 2.26. The number of rotatable bonds is 8. The van der Waals surface area contributed by atoms with Gasteiger partial charge in [-0.25, -0.2) is 9.07 Å². The van der Waals surface area contributed by atoms with Crippen LogP contribution in [0.1, 0.15) is 42.8 Å². The van der Waals surface area contributed by atoms with Crippen LogP contribution in [-0.2, 0) is 13.1 Å². The molecule has 6 nitrogen and oxygen atoms in total. The van der Waals surface area contributed by atoms with E-state index in [1.165, 1.54) is 17.7 Å². The summed E-state index contributed by atoms with van der Waals surface area (Å²) in [5, 5.41) is 12.6. The van der Waals surface area contributed by atoms with E-state index in [4.69, 9.17) is 0 Å². The highest BCUT2D eigenvalue weighted by atomic mass is 19.1. The van der Waals surface area contributed by atoms with Gasteiger partial charge in [-0.05, 0) is 40.1 Å². The molecule has 2 heterocycles. The predicted octanol–water partition coefficient (Wildman–Crippen LogP) is 3.52. The smallest absolute Gasteiger partial charge is 0.168 e. The molecule has 158 valence electrons. The normalized spacial score (nSPS) is 16.6. The van der Waals surface area contributed by atoms with Gasteiger partial charge in [0.1, 0.15) is 5.82 Å². The van der Waals surface area contributed by atoms with Crippen molar-refractivity contribution < 1.29 is 4.39 Å². The Morgan fingerprint density at radius 1 is 0.900 bits per heavy atom. The van der Waals surface area contributed by atoms with Crippen LogP contribution in [0.4, 0.5) is 4.39 Å². The van der Waals surface area contributed by atoms with E-state index in [1.807, 2.05) is 4.68 Å². The fraction of sp³-hybridized carbons (Fsp3) is 0.435. The Kier molecular flexibility index (Phi) is 6.81. The molecule has 0 spiro atoms. The van der Waals surface area contributed by atoms with E-state index in [0.717, 1.165) is 57.0 Å². The van der Waals surface area contributed by atoms with Crippen molar-refractivity contribution in [3.8, 4) is 0 Å². The third-order valence-electron chi connectivity index (χ3n) is 5.76. The summed E-state index contributed by atoms with van der Waals surface area (Å²) in [6.45, 7) is 7.82. The second-order valence-corrected chi connectivity index (χ2v) is 7.92. The third kappa shape index (κ3) is 5.09. The van der Waals surface area contributed by atoms with Crippen molar-refractivity contribution in [2.24, 2.45) is 0 Å². The van der Waals surface area contributed by atoms with Gasteiger partial charge < -0.3 is 0 Å². The molecule has 1 unspecified atom stereocenters. The molecule has 1 aromatic heterocycles. The van der Waals surface area contributed by atoms with Crippen molar-refractivity contribution in [1.82, 2.24) is 30.0 Å². The average molecular weight is 409 g/mol. The zero-order valence-corrected chi connectivity index (χ0v) is 17.5. The monoisotopic (exact) mass is 408 g/mol. The molecule has 0 radical (unpaired) electrons. The molecule has 1 fully saturated rings. The Bertz CT molecular complexity index is 903. The first-order valence-corrected chi connectivity index (χ1v) is 10.7. The maximum absolute atomic E-state index is 13.2. The maximum atomic E-state index is 13.2. The SMILES string of the molecule is CCCC(c1nnnn1Cc1ccc(F)cc1)N1CCN(Cc2ccccc2)CC1. The Hall–Kier alpha value is -2.64. The number of halogens is 1. The summed E-state index contributed by atoms with van der Waals surface area (Å²) >= 11 is 0. The first-order valence-electron chi connectivity index (χ1n) is 10.7. The summed E-state index contributed by atoms with van der Waals surface area (Å²) in [7, 11) is 0. The predicted molar refractivity (Wildman–Crippen MR) is 114 cm³/mol. The highest BCUT2D eigenvalue weighted by molar-refractivity contribution is 5.17. The molecule has 3 aromatic rings. The molecular weight excluding hydrogens is 379 g/mol. The van der Waals surface area contributed by atoms with Crippen LogP contribution < -0.4 is 0 Å². The minimum Gasteiger partial charge on any atom is -0.297 e. The van der Waals surface area contributed by atoms with Gasteiger partial charge in [-0.2, -0.15) is 0 Å². The quantitative estimate of drug-likeness (QED) is 0.571. The molecule has 0 N–H and O–H groups in total. The molecule has 0 bridgehead atoms. The van der Waals surface area contributed by atoms with Crippen LogP contribution in [0.25, 0.3) is 0 Å². The number of aromatic nitrogens is 4. The molecule has 7 heteroatoms. The molecule has 0 amide bonds. The second-order valence-electron chi connectivity index (χ2n) is 7.92. The number of tetrazole rings is 1. The summed E-state index contributed by atoms with van der Waals surface area (Å²) in [6, 6.07) is 17.4. The molecule has 1 atom stereocenters. The van der Waals surface area contributed by atoms with Crippen LogP contribution >= 0.6 is 0 Å². The third-order valence-corrected chi connectivity index (χ3v) is 5.76. The van der Waals surface area contributed by atoms with Crippen LogP contribution in [0, 0.1) is 5.82 Å². The van der Waals surface area contributed by atoms with E-state index < -0.39 is 0 Å². The van der Waals surface area contributed by atoms with Crippen molar-refractivity contribution in [1.29, 1.82) is 0 Å². The van der Waals surface area contributed by atoms with E-state index in [2.05, 4.69) is 62.6 Å². The number of nitrogens with zero attached hydrogens (tertiary/aromatic N) is 6. The molecule has 0 aliphatic carbocycles. The van der Waals surface area contributed by atoms with Crippen LogP contribution in [0.15, 0.2) is 54.6 Å². The number of benzene rings is 2. The van der Waals surface area contributed by atoms with Crippen molar-refractivity contribution in [3.05, 3.63) is 77.4 Å². The van der Waals surface area contributed by atoms with Crippen molar-refractivity contribution in [3.63, 3.8) is 0 Å². The fourth-order valence-electron chi connectivity index (χ4n) is 4.15. The standard InChI is InChI=1S/C23H29FN6/c1-2-6-22(23-25-26-27-30(23)18-20-9-11-21(24)12-10-20)29-15-13-28(14-16-29)17-19-7-4-3-5-8-19/h3-5,7-12,22H,2,6,13-18H2,1H3. The van der Waals surface area contributed by atoms with Crippen molar-refractivity contribution in [2.45, 2.75) is 38.9 Å². The largest absolute Gasteiger partial charge is 0.297 e.